The lowest BCUT2D eigenvalue weighted by atomic mass is 9.81. The predicted molar refractivity (Wildman–Crippen MR) is 81.3 cm³/mol. The smallest absolute Gasteiger partial charge is 0.128 e. The highest BCUT2D eigenvalue weighted by Gasteiger charge is 2.22. The fourth-order valence-corrected chi connectivity index (χ4v) is 2.64. The van der Waals surface area contributed by atoms with Crippen molar-refractivity contribution in [2.45, 2.75) is 64.3 Å². The molecule has 19 heavy (non-hydrogen) atoms. The maximum atomic E-state index is 10.4. The number of aromatic hydroxyl groups is 1. The first-order chi connectivity index (χ1) is 9.04. The van der Waals surface area contributed by atoms with Crippen LogP contribution in [0.5, 0.6) is 5.75 Å². The molecular weight excluding hydrogens is 234 g/mol. The van der Waals surface area contributed by atoms with Crippen LogP contribution in [0.15, 0.2) is 23.2 Å². The lowest BCUT2D eigenvalue weighted by Gasteiger charge is -2.24. The Bertz CT molecular complexity index is 456. The van der Waals surface area contributed by atoms with Gasteiger partial charge in [-0.3, -0.25) is 4.99 Å². The lowest BCUT2D eigenvalue weighted by Crippen LogP contribution is -2.16. The molecule has 104 valence electrons. The van der Waals surface area contributed by atoms with Gasteiger partial charge in [0.25, 0.3) is 0 Å². The summed E-state index contributed by atoms with van der Waals surface area (Å²) in [5.74, 6) is 0.399. The van der Waals surface area contributed by atoms with Gasteiger partial charge in [0.1, 0.15) is 5.75 Å². The Morgan fingerprint density at radius 2 is 2.00 bits per heavy atom. The highest BCUT2D eigenvalue weighted by molar-refractivity contribution is 5.84. The van der Waals surface area contributed by atoms with Crippen molar-refractivity contribution in [1.82, 2.24) is 0 Å². The second kappa shape index (κ2) is 5.77. The Balaban J connectivity index is 2.24. The van der Waals surface area contributed by atoms with Gasteiger partial charge < -0.3 is 5.11 Å². The Hall–Kier alpha value is -1.31. The number of rotatable bonds is 4. The fraction of sp³-hybridized carbons (Fsp3) is 0.588. The first-order valence-corrected chi connectivity index (χ1v) is 7.40. The van der Waals surface area contributed by atoms with Crippen LogP contribution in [0, 0.1) is 0 Å². The van der Waals surface area contributed by atoms with E-state index in [0.29, 0.717) is 11.8 Å². The molecule has 0 amide bonds. The van der Waals surface area contributed by atoms with Crippen LogP contribution in [0.25, 0.3) is 0 Å². The summed E-state index contributed by atoms with van der Waals surface area (Å²) >= 11 is 0. The molecule has 0 radical (unpaired) electrons. The molecule has 0 saturated heterocycles. The molecule has 1 aliphatic carbocycles. The Morgan fingerprint density at radius 3 is 2.63 bits per heavy atom. The average Bonchev–Trinajstić information content (AvgIpc) is 2.90. The van der Waals surface area contributed by atoms with Crippen LogP contribution in [0.3, 0.4) is 0 Å². The first-order valence-electron chi connectivity index (χ1n) is 7.40. The van der Waals surface area contributed by atoms with Gasteiger partial charge in [0.05, 0.1) is 0 Å². The topological polar surface area (TPSA) is 32.6 Å². The standard InChI is InChI=1S/C17H25NO/c1-4-17(2,3)15-11-7-8-13(16(15)19)12-18-14-9-5-6-10-14/h7-8,11-12,14,19H,4-6,9-10H2,1-3H3. The molecule has 0 aromatic heterocycles. The third-order valence-electron chi connectivity index (χ3n) is 4.43. The summed E-state index contributed by atoms with van der Waals surface area (Å²) in [5, 5.41) is 10.4. The van der Waals surface area contributed by atoms with Crippen LogP contribution < -0.4 is 0 Å². The van der Waals surface area contributed by atoms with Crippen LogP contribution in [0.1, 0.15) is 64.0 Å². The Labute approximate surface area is 116 Å². The minimum Gasteiger partial charge on any atom is -0.507 e. The molecule has 1 aromatic carbocycles. The minimum atomic E-state index is 0.00128. The SMILES string of the molecule is CCC(C)(C)c1cccc(C=NC2CCCC2)c1O. The lowest BCUT2D eigenvalue weighted by molar-refractivity contribution is 0.428. The largest absolute Gasteiger partial charge is 0.507 e. The second-order valence-corrected chi connectivity index (χ2v) is 6.20. The van der Waals surface area contributed by atoms with Crippen molar-refractivity contribution < 1.29 is 5.11 Å². The number of phenols is 1. The van der Waals surface area contributed by atoms with E-state index in [1.807, 2.05) is 24.4 Å². The van der Waals surface area contributed by atoms with Gasteiger partial charge in [-0.15, -0.1) is 0 Å². The zero-order valence-electron chi connectivity index (χ0n) is 12.3. The van der Waals surface area contributed by atoms with Crippen LogP contribution in [0.2, 0.25) is 0 Å². The second-order valence-electron chi connectivity index (χ2n) is 6.20. The van der Waals surface area contributed by atoms with Crippen molar-refractivity contribution in [2.24, 2.45) is 4.99 Å². The van der Waals surface area contributed by atoms with E-state index in [9.17, 15) is 5.11 Å². The van der Waals surface area contributed by atoms with E-state index in [-0.39, 0.29) is 5.41 Å². The summed E-state index contributed by atoms with van der Waals surface area (Å²) in [4.78, 5) is 4.62. The predicted octanol–water partition coefficient (Wildman–Crippen LogP) is 4.44. The molecule has 1 aliphatic rings. The summed E-state index contributed by atoms with van der Waals surface area (Å²) < 4.78 is 0. The maximum Gasteiger partial charge on any atom is 0.128 e. The van der Waals surface area contributed by atoms with Gasteiger partial charge in [-0.2, -0.15) is 0 Å². The molecule has 2 nitrogen and oxygen atoms in total. The molecule has 0 bridgehead atoms. The van der Waals surface area contributed by atoms with E-state index in [1.165, 1.54) is 25.7 Å². The highest BCUT2D eigenvalue weighted by Crippen LogP contribution is 2.35. The molecule has 0 unspecified atom stereocenters. The summed E-state index contributed by atoms with van der Waals surface area (Å²) in [6.45, 7) is 6.48. The average molecular weight is 259 g/mol. The number of aliphatic imine (C=N–C) groups is 1. The molecule has 0 spiro atoms. The van der Waals surface area contributed by atoms with Crippen LogP contribution in [-0.2, 0) is 5.41 Å². The molecule has 1 saturated carbocycles. The number of para-hydroxylation sites is 1. The van der Waals surface area contributed by atoms with E-state index >= 15 is 0 Å². The number of benzene rings is 1. The van der Waals surface area contributed by atoms with Gasteiger partial charge in [-0.25, -0.2) is 0 Å². The van der Waals surface area contributed by atoms with E-state index < -0.39 is 0 Å². The van der Waals surface area contributed by atoms with E-state index in [2.05, 4.69) is 25.8 Å². The molecule has 1 N–H and O–H groups in total. The monoisotopic (exact) mass is 259 g/mol. The minimum absolute atomic E-state index is 0.00128. The van der Waals surface area contributed by atoms with Crippen LogP contribution >= 0.6 is 0 Å². The van der Waals surface area contributed by atoms with Crippen molar-refractivity contribution in [2.75, 3.05) is 0 Å². The van der Waals surface area contributed by atoms with Gasteiger partial charge in [-0.05, 0) is 30.7 Å². The molecule has 1 aromatic rings. The highest BCUT2D eigenvalue weighted by atomic mass is 16.3. The first kappa shape index (κ1) is 14.1. The summed E-state index contributed by atoms with van der Waals surface area (Å²) in [5.41, 5.74) is 1.87. The summed E-state index contributed by atoms with van der Waals surface area (Å²) in [6.07, 6.45) is 7.83. The van der Waals surface area contributed by atoms with Gasteiger partial charge in [0.2, 0.25) is 0 Å². The molecule has 0 aliphatic heterocycles. The molecule has 2 rings (SSSR count). The van der Waals surface area contributed by atoms with Crippen molar-refractivity contribution in [3.8, 4) is 5.75 Å². The molecule has 0 atom stereocenters. The third-order valence-corrected chi connectivity index (χ3v) is 4.43. The fourth-order valence-electron chi connectivity index (χ4n) is 2.64. The third kappa shape index (κ3) is 3.17. The van der Waals surface area contributed by atoms with Gasteiger partial charge in [-0.1, -0.05) is 45.7 Å². The van der Waals surface area contributed by atoms with Crippen molar-refractivity contribution >= 4 is 6.21 Å². The van der Waals surface area contributed by atoms with Gasteiger partial charge in [0.15, 0.2) is 0 Å². The summed E-state index contributed by atoms with van der Waals surface area (Å²) in [6, 6.07) is 6.44. The zero-order chi connectivity index (χ0) is 13.9. The maximum absolute atomic E-state index is 10.4. The van der Waals surface area contributed by atoms with E-state index in [1.54, 1.807) is 0 Å². The number of phenolic OH excluding ortho intramolecular Hbond substituents is 1. The normalized spacial score (nSPS) is 17.4. The molecule has 2 heteroatoms. The van der Waals surface area contributed by atoms with E-state index in [4.69, 9.17) is 0 Å². The number of nitrogens with zero attached hydrogens (tertiary/aromatic N) is 1. The van der Waals surface area contributed by atoms with Crippen molar-refractivity contribution in [1.29, 1.82) is 0 Å². The number of hydrogen-bond donors (Lipinski definition) is 1. The Morgan fingerprint density at radius 1 is 1.32 bits per heavy atom. The quantitative estimate of drug-likeness (QED) is 0.796. The van der Waals surface area contributed by atoms with Gasteiger partial charge >= 0.3 is 0 Å². The Kier molecular flexibility index (Phi) is 4.28. The zero-order valence-corrected chi connectivity index (χ0v) is 12.3. The van der Waals surface area contributed by atoms with E-state index in [0.717, 1.165) is 17.5 Å². The molecule has 0 heterocycles. The van der Waals surface area contributed by atoms with Crippen LogP contribution in [0.4, 0.5) is 0 Å². The molecular formula is C17H25NO. The van der Waals surface area contributed by atoms with Crippen molar-refractivity contribution in [3.63, 3.8) is 0 Å². The van der Waals surface area contributed by atoms with Gasteiger partial charge in [0, 0.05) is 23.4 Å². The summed E-state index contributed by atoms with van der Waals surface area (Å²) in [7, 11) is 0. The number of hydrogen-bond acceptors (Lipinski definition) is 2. The van der Waals surface area contributed by atoms with Crippen molar-refractivity contribution in [3.05, 3.63) is 29.3 Å². The molecule has 1 fully saturated rings. The van der Waals surface area contributed by atoms with Crippen LogP contribution in [-0.4, -0.2) is 17.4 Å².